The molecule has 1 aromatic heterocycles. The normalized spacial score (nSPS) is 15.8. The summed E-state index contributed by atoms with van der Waals surface area (Å²) in [6, 6.07) is 16.9. The third-order valence-corrected chi connectivity index (χ3v) is 4.24. The van der Waals surface area contributed by atoms with Crippen molar-refractivity contribution >= 4 is 16.8 Å². The topological polar surface area (TPSA) is 51.7 Å². The van der Waals surface area contributed by atoms with Gasteiger partial charge in [-0.3, -0.25) is 9.78 Å². The van der Waals surface area contributed by atoms with Crippen molar-refractivity contribution in [3.63, 3.8) is 0 Å². The quantitative estimate of drug-likeness (QED) is 0.738. The molecular weight excluding hydrogens is 316 g/mol. The van der Waals surface area contributed by atoms with Crippen LogP contribution in [0.1, 0.15) is 10.4 Å². The first-order chi connectivity index (χ1) is 12.2. The fourth-order valence-electron chi connectivity index (χ4n) is 2.97. The van der Waals surface area contributed by atoms with Gasteiger partial charge in [0.15, 0.2) is 17.6 Å². The maximum absolute atomic E-state index is 12.7. The van der Waals surface area contributed by atoms with Gasteiger partial charge in [-0.1, -0.05) is 18.2 Å². The second-order valence-electron chi connectivity index (χ2n) is 6.09. The van der Waals surface area contributed by atoms with Crippen molar-refractivity contribution in [2.75, 3.05) is 20.2 Å². The number of benzene rings is 2. The largest absolute Gasteiger partial charge is 0.486 e. The van der Waals surface area contributed by atoms with E-state index in [4.69, 9.17) is 9.47 Å². The van der Waals surface area contributed by atoms with E-state index in [1.54, 1.807) is 18.1 Å². The molecule has 5 heteroatoms. The highest BCUT2D eigenvalue weighted by atomic mass is 16.6. The predicted octanol–water partition coefficient (Wildman–Crippen LogP) is 3.15. The van der Waals surface area contributed by atoms with Crippen molar-refractivity contribution in [3.05, 3.63) is 66.4 Å². The minimum absolute atomic E-state index is 0.0480. The first kappa shape index (κ1) is 15.4. The van der Waals surface area contributed by atoms with Crippen LogP contribution in [0, 0.1) is 0 Å². The van der Waals surface area contributed by atoms with Crippen LogP contribution in [0.25, 0.3) is 10.9 Å². The van der Waals surface area contributed by atoms with Gasteiger partial charge < -0.3 is 14.4 Å². The average Bonchev–Trinajstić information content (AvgIpc) is 2.67. The summed E-state index contributed by atoms with van der Waals surface area (Å²) in [6.45, 7) is 0.883. The van der Waals surface area contributed by atoms with E-state index in [1.165, 1.54) is 0 Å². The predicted molar refractivity (Wildman–Crippen MR) is 95.1 cm³/mol. The number of ether oxygens (including phenoxy) is 2. The molecule has 126 valence electrons. The molecule has 4 rings (SSSR count). The van der Waals surface area contributed by atoms with Gasteiger partial charge in [0, 0.05) is 24.2 Å². The van der Waals surface area contributed by atoms with Gasteiger partial charge in [-0.2, -0.15) is 0 Å². The van der Waals surface area contributed by atoms with E-state index in [9.17, 15) is 4.79 Å². The fourth-order valence-corrected chi connectivity index (χ4v) is 2.97. The van der Waals surface area contributed by atoms with E-state index in [0.29, 0.717) is 18.7 Å². The number of para-hydroxylation sites is 2. The Morgan fingerprint density at radius 1 is 1.16 bits per heavy atom. The summed E-state index contributed by atoms with van der Waals surface area (Å²) in [7, 11) is 1.78. The molecule has 3 aromatic rings. The Bertz CT molecular complexity index is 925. The third-order valence-electron chi connectivity index (χ3n) is 4.24. The maximum Gasteiger partial charge on any atom is 0.253 e. The first-order valence-corrected chi connectivity index (χ1v) is 8.19. The number of carbonyl (C=O) groups is 1. The number of rotatable bonds is 3. The van der Waals surface area contributed by atoms with E-state index >= 15 is 0 Å². The molecule has 0 unspecified atom stereocenters. The van der Waals surface area contributed by atoms with E-state index in [2.05, 4.69) is 4.98 Å². The van der Waals surface area contributed by atoms with Gasteiger partial charge in [-0.05, 0) is 36.4 Å². The number of amides is 1. The van der Waals surface area contributed by atoms with Crippen molar-refractivity contribution in [2.24, 2.45) is 0 Å². The smallest absolute Gasteiger partial charge is 0.253 e. The summed E-state index contributed by atoms with van der Waals surface area (Å²) in [5.41, 5.74) is 1.52. The molecule has 0 fully saturated rings. The van der Waals surface area contributed by atoms with Crippen molar-refractivity contribution in [1.29, 1.82) is 0 Å². The van der Waals surface area contributed by atoms with Crippen molar-refractivity contribution in [2.45, 2.75) is 6.10 Å². The molecule has 2 aromatic carbocycles. The van der Waals surface area contributed by atoms with Crippen LogP contribution in [-0.4, -0.2) is 42.1 Å². The first-order valence-electron chi connectivity index (χ1n) is 8.19. The molecule has 1 aliphatic rings. The minimum Gasteiger partial charge on any atom is -0.486 e. The Morgan fingerprint density at radius 2 is 2.00 bits per heavy atom. The van der Waals surface area contributed by atoms with Crippen molar-refractivity contribution in [3.8, 4) is 11.5 Å². The molecule has 25 heavy (non-hydrogen) atoms. The van der Waals surface area contributed by atoms with Crippen LogP contribution in [0.2, 0.25) is 0 Å². The van der Waals surface area contributed by atoms with Crippen LogP contribution in [-0.2, 0) is 0 Å². The molecule has 0 bridgehead atoms. The average molecular weight is 334 g/mol. The fraction of sp³-hybridized carbons (Fsp3) is 0.200. The monoisotopic (exact) mass is 334 g/mol. The van der Waals surface area contributed by atoms with Crippen LogP contribution in [0.5, 0.6) is 11.5 Å². The molecule has 1 aliphatic heterocycles. The summed E-state index contributed by atoms with van der Waals surface area (Å²) in [4.78, 5) is 18.7. The van der Waals surface area contributed by atoms with Crippen LogP contribution >= 0.6 is 0 Å². The van der Waals surface area contributed by atoms with E-state index in [-0.39, 0.29) is 12.0 Å². The summed E-state index contributed by atoms with van der Waals surface area (Å²) in [5.74, 6) is 1.42. The van der Waals surface area contributed by atoms with Gasteiger partial charge in [0.25, 0.3) is 5.91 Å². The third kappa shape index (κ3) is 3.13. The second-order valence-corrected chi connectivity index (χ2v) is 6.09. The zero-order valence-corrected chi connectivity index (χ0v) is 13.9. The number of hydrogen-bond acceptors (Lipinski definition) is 4. The number of hydrogen-bond donors (Lipinski definition) is 0. The van der Waals surface area contributed by atoms with Gasteiger partial charge in [0.2, 0.25) is 0 Å². The number of nitrogens with zero attached hydrogens (tertiary/aromatic N) is 2. The minimum atomic E-state index is -0.189. The zero-order chi connectivity index (χ0) is 17.2. The van der Waals surface area contributed by atoms with Gasteiger partial charge in [0.05, 0.1) is 12.1 Å². The standard InChI is InChI=1S/C20H18N2O3/c1-22(12-16-13-24-18-6-2-3-7-19(18)25-16)20(23)15-8-9-17-14(11-15)5-4-10-21-17/h2-11,16H,12-13H2,1H3/t16-/m0/s1. The van der Waals surface area contributed by atoms with Gasteiger partial charge in [-0.15, -0.1) is 0 Å². The van der Waals surface area contributed by atoms with E-state index < -0.39 is 0 Å². The molecule has 0 spiro atoms. The zero-order valence-electron chi connectivity index (χ0n) is 13.9. The summed E-state index contributed by atoms with van der Waals surface area (Å²) < 4.78 is 11.6. The summed E-state index contributed by atoms with van der Waals surface area (Å²) in [5, 5.41) is 0.952. The highest BCUT2D eigenvalue weighted by Crippen LogP contribution is 2.31. The SMILES string of the molecule is CN(C[C@H]1COc2ccccc2O1)C(=O)c1ccc2ncccc2c1. The molecule has 0 aliphatic carbocycles. The van der Waals surface area contributed by atoms with Crippen LogP contribution in [0.15, 0.2) is 60.8 Å². The Labute approximate surface area is 145 Å². The highest BCUT2D eigenvalue weighted by molar-refractivity contribution is 5.97. The number of fused-ring (bicyclic) bond motifs is 2. The number of likely N-dealkylation sites (N-methyl/N-ethyl adjacent to an activating group) is 1. The molecule has 0 saturated heterocycles. The Hall–Kier alpha value is -3.08. The number of pyridine rings is 1. The molecule has 0 saturated carbocycles. The summed E-state index contributed by atoms with van der Waals surface area (Å²) >= 11 is 0. The van der Waals surface area contributed by atoms with Crippen LogP contribution in [0.3, 0.4) is 0 Å². The maximum atomic E-state index is 12.7. The van der Waals surface area contributed by atoms with Gasteiger partial charge in [-0.25, -0.2) is 0 Å². The lowest BCUT2D eigenvalue weighted by Gasteiger charge is -2.29. The summed E-state index contributed by atoms with van der Waals surface area (Å²) in [6.07, 6.45) is 1.56. The second kappa shape index (κ2) is 6.43. The number of carbonyl (C=O) groups excluding carboxylic acids is 1. The molecule has 2 heterocycles. The van der Waals surface area contributed by atoms with Gasteiger partial charge >= 0.3 is 0 Å². The van der Waals surface area contributed by atoms with Crippen LogP contribution in [0.4, 0.5) is 0 Å². The molecule has 0 radical (unpaired) electrons. The molecule has 0 N–H and O–H groups in total. The Morgan fingerprint density at radius 3 is 2.88 bits per heavy atom. The lowest BCUT2D eigenvalue weighted by atomic mass is 10.1. The highest BCUT2D eigenvalue weighted by Gasteiger charge is 2.24. The van der Waals surface area contributed by atoms with Crippen molar-refractivity contribution < 1.29 is 14.3 Å². The molecule has 5 nitrogen and oxygen atoms in total. The Kier molecular flexibility index (Phi) is 3.98. The van der Waals surface area contributed by atoms with Crippen LogP contribution < -0.4 is 9.47 Å². The van der Waals surface area contributed by atoms with E-state index in [1.807, 2.05) is 54.6 Å². The lowest BCUT2D eigenvalue weighted by molar-refractivity contribution is 0.0521. The lowest BCUT2D eigenvalue weighted by Crippen LogP contribution is -2.41. The Balaban J connectivity index is 1.47. The van der Waals surface area contributed by atoms with Gasteiger partial charge in [0.1, 0.15) is 6.61 Å². The molecule has 1 atom stereocenters. The van der Waals surface area contributed by atoms with E-state index in [0.717, 1.165) is 22.4 Å². The number of aromatic nitrogens is 1. The molecule has 1 amide bonds. The molecular formula is C20H18N2O3. The van der Waals surface area contributed by atoms with Crippen molar-refractivity contribution in [1.82, 2.24) is 9.88 Å².